The van der Waals surface area contributed by atoms with Gasteiger partial charge in [0.05, 0.1) is 11.9 Å². The van der Waals surface area contributed by atoms with Crippen molar-refractivity contribution in [3.05, 3.63) is 29.7 Å². The summed E-state index contributed by atoms with van der Waals surface area (Å²) in [5.74, 6) is 0. The molecule has 6 nitrogen and oxygen atoms in total. The Kier molecular flexibility index (Phi) is 4.34. The van der Waals surface area contributed by atoms with Crippen molar-refractivity contribution >= 4 is 13.2 Å². The van der Waals surface area contributed by atoms with Gasteiger partial charge in [-0.15, -0.1) is 0 Å². The van der Waals surface area contributed by atoms with Crippen molar-refractivity contribution in [1.82, 2.24) is 14.6 Å². The molecule has 0 N–H and O–H groups in total. The highest BCUT2D eigenvalue weighted by molar-refractivity contribution is 7.47. The van der Waals surface area contributed by atoms with E-state index in [2.05, 4.69) is 17.0 Å². The SMILES string of the molecule is CCCCCc1cc(CP(=O)([O-])[O-])n2nccc2n1. The van der Waals surface area contributed by atoms with Crippen molar-refractivity contribution in [2.45, 2.75) is 38.8 Å². The lowest BCUT2D eigenvalue weighted by atomic mass is 10.1. The largest absolute Gasteiger partial charge is 0.810 e. The predicted molar refractivity (Wildman–Crippen MR) is 67.5 cm³/mol. The van der Waals surface area contributed by atoms with Crippen molar-refractivity contribution in [3.63, 3.8) is 0 Å². The number of aromatic nitrogens is 3. The Morgan fingerprint density at radius 2 is 2.16 bits per heavy atom. The van der Waals surface area contributed by atoms with Crippen LogP contribution in [0, 0.1) is 0 Å². The van der Waals surface area contributed by atoms with Crippen molar-refractivity contribution in [3.8, 4) is 0 Å². The topological polar surface area (TPSA) is 93.4 Å². The molecule has 2 heterocycles. The van der Waals surface area contributed by atoms with Crippen LogP contribution in [0.5, 0.6) is 0 Å². The first-order valence-electron chi connectivity index (χ1n) is 6.33. The molecular formula is C12H16N3O3P-2. The van der Waals surface area contributed by atoms with Crippen LogP contribution in [0.4, 0.5) is 0 Å². The Morgan fingerprint density at radius 1 is 1.37 bits per heavy atom. The van der Waals surface area contributed by atoms with Gasteiger partial charge in [0.15, 0.2) is 5.65 Å². The van der Waals surface area contributed by atoms with E-state index < -0.39 is 13.8 Å². The average molecular weight is 281 g/mol. The van der Waals surface area contributed by atoms with Gasteiger partial charge in [-0.2, -0.15) is 5.10 Å². The zero-order valence-corrected chi connectivity index (χ0v) is 11.7. The molecule has 0 aliphatic rings. The summed E-state index contributed by atoms with van der Waals surface area (Å²) in [6.45, 7) is 2.12. The molecule has 0 atom stereocenters. The zero-order valence-electron chi connectivity index (χ0n) is 10.8. The molecule has 0 aliphatic heterocycles. The summed E-state index contributed by atoms with van der Waals surface area (Å²) in [5, 5.41) is 4.00. The first-order valence-corrected chi connectivity index (χ1v) is 8.06. The van der Waals surface area contributed by atoms with Crippen LogP contribution in [-0.4, -0.2) is 14.6 Å². The molecule has 104 valence electrons. The molecule has 0 radical (unpaired) electrons. The summed E-state index contributed by atoms with van der Waals surface area (Å²) < 4.78 is 12.4. The maximum atomic E-state index is 10.9. The van der Waals surface area contributed by atoms with E-state index in [-0.39, 0.29) is 0 Å². The van der Waals surface area contributed by atoms with Crippen LogP contribution in [0.3, 0.4) is 0 Å². The highest BCUT2D eigenvalue weighted by Crippen LogP contribution is 2.29. The lowest BCUT2D eigenvalue weighted by molar-refractivity contribution is -0.314. The summed E-state index contributed by atoms with van der Waals surface area (Å²) in [4.78, 5) is 26.3. The van der Waals surface area contributed by atoms with Crippen LogP contribution in [-0.2, 0) is 17.1 Å². The van der Waals surface area contributed by atoms with Gasteiger partial charge in [0.2, 0.25) is 0 Å². The van der Waals surface area contributed by atoms with Crippen LogP contribution in [0.1, 0.15) is 37.6 Å². The molecule has 0 saturated carbocycles. The first-order chi connectivity index (χ1) is 8.99. The number of nitrogens with zero attached hydrogens (tertiary/aromatic N) is 3. The summed E-state index contributed by atoms with van der Waals surface area (Å²) >= 11 is 0. The second-order valence-corrected chi connectivity index (χ2v) is 6.10. The molecule has 0 aliphatic carbocycles. The van der Waals surface area contributed by atoms with E-state index in [4.69, 9.17) is 0 Å². The molecule has 0 fully saturated rings. The predicted octanol–water partition coefficient (Wildman–Crippen LogP) is 0.876. The van der Waals surface area contributed by atoms with E-state index >= 15 is 0 Å². The highest BCUT2D eigenvalue weighted by atomic mass is 31.2. The lowest BCUT2D eigenvalue weighted by Crippen LogP contribution is -2.17. The molecule has 0 aromatic carbocycles. The molecule has 0 amide bonds. The number of aryl methyl sites for hydroxylation is 1. The summed E-state index contributed by atoms with van der Waals surface area (Å²) in [7, 11) is -4.61. The van der Waals surface area contributed by atoms with Crippen molar-refractivity contribution in [2.75, 3.05) is 0 Å². The third kappa shape index (κ3) is 3.86. The second-order valence-electron chi connectivity index (χ2n) is 4.57. The molecule has 0 spiro atoms. The molecule has 7 heteroatoms. The highest BCUT2D eigenvalue weighted by Gasteiger charge is 2.08. The second kappa shape index (κ2) is 5.82. The molecule has 0 saturated heterocycles. The first kappa shape index (κ1) is 14.2. The Balaban J connectivity index is 2.31. The van der Waals surface area contributed by atoms with Gasteiger partial charge in [-0.1, -0.05) is 27.4 Å². The molecule has 2 aromatic rings. The third-order valence-electron chi connectivity index (χ3n) is 2.88. The minimum absolute atomic E-state index is 0.384. The van der Waals surface area contributed by atoms with Crippen LogP contribution >= 0.6 is 7.60 Å². The number of fused-ring (bicyclic) bond motifs is 1. The minimum Gasteiger partial charge on any atom is -0.810 e. The minimum atomic E-state index is -4.61. The van der Waals surface area contributed by atoms with E-state index in [1.165, 1.54) is 4.52 Å². The van der Waals surface area contributed by atoms with Gasteiger partial charge in [-0.05, 0) is 18.9 Å². The number of hydrogen-bond acceptors (Lipinski definition) is 5. The van der Waals surface area contributed by atoms with Gasteiger partial charge in [0.25, 0.3) is 0 Å². The normalized spacial score (nSPS) is 12.2. The van der Waals surface area contributed by atoms with Crippen molar-refractivity contribution in [1.29, 1.82) is 0 Å². The lowest BCUT2D eigenvalue weighted by Gasteiger charge is -2.29. The Hall–Kier alpha value is -1.23. The third-order valence-corrected chi connectivity index (χ3v) is 3.59. The molecule has 19 heavy (non-hydrogen) atoms. The molecule has 2 aromatic heterocycles. The fourth-order valence-electron chi connectivity index (χ4n) is 2.03. The van der Waals surface area contributed by atoms with Gasteiger partial charge in [-0.3, -0.25) is 0 Å². The van der Waals surface area contributed by atoms with Crippen LogP contribution in [0.15, 0.2) is 18.3 Å². The monoisotopic (exact) mass is 281 g/mol. The zero-order chi connectivity index (χ0) is 13.9. The fraction of sp³-hybridized carbons (Fsp3) is 0.500. The van der Waals surface area contributed by atoms with Gasteiger partial charge >= 0.3 is 0 Å². The molecular weight excluding hydrogens is 265 g/mol. The maximum absolute atomic E-state index is 10.9. The number of rotatable bonds is 6. The van der Waals surface area contributed by atoms with Gasteiger partial charge in [0.1, 0.15) is 0 Å². The van der Waals surface area contributed by atoms with Crippen LogP contribution < -0.4 is 9.79 Å². The fourth-order valence-corrected chi connectivity index (χ4v) is 2.65. The summed E-state index contributed by atoms with van der Waals surface area (Å²) in [5.41, 5.74) is 1.78. The van der Waals surface area contributed by atoms with E-state index in [9.17, 15) is 14.4 Å². The average Bonchev–Trinajstić information content (AvgIpc) is 2.75. The Morgan fingerprint density at radius 3 is 2.84 bits per heavy atom. The maximum Gasteiger partial charge on any atom is 0.155 e. The van der Waals surface area contributed by atoms with Gasteiger partial charge in [-0.25, -0.2) is 9.50 Å². The molecule has 0 bridgehead atoms. The van der Waals surface area contributed by atoms with Crippen molar-refractivity contribution in [2.24, 2.45) is 0 Å². The van der Waals surface area contributed by atoms with Crippen LogP contribution in [0.2, 0.25) is 0 Å². The van der Waals surface area contributed by atoms with Gasteiger partial charge < -0.3 is 14.4 Å². The smallest absolute Gasteiger partial charge is 0.155 e. The quantitative estimate of drug-likeness (QED) is 0.578. The number of unbranched alkanes of at least 4 members (excludes halogenated alkanes) is 2. The van der Waals surface area contributed by atoms with E-state index in [1.807, 2.05) is 0 Å². The summed E-state index contributed by atoms with van der Waals surface area (Å²) in [6, 6.07) is 3.37. The van der Waals surface area contributed by atoms with E-state index in [1.54, 1.807) is 18.3 Å². The van der Waals surface area contributed by atoms with Crippen LogP contribution in [0.25, 0.3) is 5.65 Å². The Labute approximate surface area is 111 Å². The van der Waals surface area contributed by atoms with Gasteiger partial charge in [0, 0.05) is 17.9 Å². The van der Waals surface area contributed by atoms with E-state index in [0.717, 1.165) is 31.4 Å². The molecule has 0 unspecified atom stereocenters. The number of hydrogen-bond donors (Lipinski definition) is 0. The van der Waals surface area contributed by atoms with Crippen molar-refractivity contribution < 1.29 is 14.4 Å². The summed E-state index contributed by atoms with van der Waals surface area (Å²) in [6.07, 6.45) is 5.00. The Bertz CT molecular complexity index is 605. The van der Waals surface area contributed by atoms with E-state index in [0.29, 0.717) is 11.3 Å². The standard InChI is InChI=1S/C12H18N3O3P/c1-2-3-4-5-10-8-11(9-19(16,17)18)15-12(14-10)6-7-13-15/h6-8H,2-5,9H2,1H3,(H2,16,17,18)/p-2. The molecule has 2 rings (SSSR count).